The Bertz CT molecular complexity index is 544. The standard InChI is InChI=1S/C13H21BrN2O2S2/c1-3-15-10(2)11-5-4-8-16(9-11)20(17,18)13-7-6-12(14)19-13/h6-7,10-11,15H,3-5,8-9H2,1-2H3. The van der Waals surface area contributed by atoms with Gasteiger partial charge in [-0.2, -0.15) is 4.31 Å². The summed E-state index contributed by atoms with van der Waals surface area (Å²) in [6.45, 7) is 6.39. The Balaban J connectivity index is 2.12. The molecular formula is C13H21BrN2O2S2. The normalized spacial score (nSPS) is 22.9. The van der Waals surface area contributed by atoms with E-state index in [1.807, 2.05) is 0 Å². The number of sulfonamides is 1. The first-order chi connectivity index (χ1) is 9.45. The second-order valence-electron chi connectivity index (χ2n) is 5.17. The van der Waals surface area contributed by atoms with E-state index in [4.69, 9.17) is 0 Å². The van der Waals surface area contributed by atoms with Crippen LogP contribution in [0.4, 0.5) is 0 Å². The van der Waals surface area contributed by atoms with Crippen molar-refractivity contribution in [3.8, 4) is 0 Å². The van der Waals surface area contributed by atoms with Crippen molar-refractivity contribution in [1.29, 1.82) is 0 Å². The van der Waals surface area contributed by atoms with Crippen molar-refractivity contribution in [3.63, 3.8) is 0 Å². The van der Waals surface area contributed by atoms with Crippen LogP contribution in [-0.2, 0) is 10.0 Å². The van der Waals surface area contributed by atoms with Gasteiger partial charge < -0.3 is 5.32 Å². The Morgan fingerprint density at radius 2 is 2.30 bits per heavy atom. The van der Waals surface area contributed by atoms with Gasteiger partial charge in [0.25, 0.3) is 10.0 Å². The van der Waals surface area contributed by atoms with Crippen molar-refractivity contribution < 1.29 is 8.42 Å². The van der Waals surface area contributed by atoms with E-state index in [0.717, 1.165) is 23.2 Å². The maximum absolute atomic E-state index is 12.6. The topological polar surface area (TPSA) is 49.4 Å². The summed E-state index contributed by atoms with van der Waals surface area (Å²) in [6, 6.07) is 3.83. The summed E-state index contributed by atoms with van der Waals surface area (Å²) in [6.07, 6.45) is 2.03. The van der Waals surface area contributed by atoms with Crippen LogP contribution in [0.1, 0.15) is 26.7 Å². The van der Waals surface area contributed by atoms with E-state index >= 15 is 0 Å². The van der Waals surface area contributed by atoms with Gasteiger partial charge in [0.15, 0.2) is 0 Å². The molecule has 1 aromatic heterocycles. The van der Waals surface area contributed by atoms with Crippen LogP contribution in [0.5, 0.6) is 0 Å². The Morgan fingerprint density at radius 1 is 1.55 bits per heavy atom. The quantitative estimate of drug-likeness (QED) is 0.853. The van der Waals surface area contributed by atoms with Crippen LogP contribution in [0.3, 0.4) is 0 Å². The number of piperidine rings is 1. The average molecular weight is 381 g/mol. The third-order valence-corrected chi connectivity index (χ3v) is 7.75. The van der Waals surface area contributed by atoms with Gasteiger partial charge in [0, 0.05) is 19.1 Å². The number of nitrogens with one attached hydrogen (secondary N) is 1. The summed E-state index contributed by atoms with van der Waals surface area (Å²) in [5.74, 6) is 0.391. The van der Waals surface area contributed by atoms with Gasteiger partial charge in [-0.05, 0) is 60.3 Å². The molecular weight excluding hydrogens is 360 g/mol. The van der Waals surface area contributed by atoms with Crippen LogP contribution < -0.4 is 5.32 Å². The van der Waals surface area contributed by atoms with E-state index < -0.39 is 10.0 Å². The fourth-order valence-electron chi connectivity index (χ4n) is 2.65. The molecule has 1 saturated heterocycles. The van der Waals surface area contributed by atoms with Crippen LogP contribution in [-0.4, -0.2) is 38.4 Å². The largest absolute Gasteiger partial charge is 0.314 e. The molecule has 1 aromatic rings. The van der Waals surface area contributed by atoms with Crippen molar-refractivity contribution >= 4 is 37.3 Å². The number of halogens is 1. The van der Waals surface area contributed by atoms with Crippen LogP contribution in [0.2, 0.25) is 0 Å². The molecule has 0 amide bonds. The van der Waals surface area contributed by atoms with Crippen LogP contribution in [0, 0.1) is 5.92 Å². The monoisotopic (exact) mass is 380 g/mol. The number of hydrogen-bond donors (Lipinski definition) is 1. The molecule has 2 rings (SSSR count). The van der Waals surface area contributed by atoms with Gasteiger partial charge in [-0.25, -0.2) is 8.42 Å². The Kier molecular flexibility index (Phi) is 5.64. The third kappa shape index (κ3) is 3.62. The van der Waals surface area contributed by atoms with Crippen molar-refractivity contribution in [2.24, 2.45) is 5.92 Å². The lowest BCUT2D eigenvalue weighted by atomic mass is 9.93. The summed E-state index contributed by atoms with van der Waals surface area (Å²) in [4.78, 5) is 0. The van der Waals surface area contributed by atoms with Gasteiger partial charge in [0.1, 0.15) is 4.21 Å². The summed E-state index contributed by atoms with van der Waals surface area (Å²) in [5.41, 5.74) is 0. The van der Waals surface area contributed by atoms with Crippen molar-refractivity contribution in [2.45, 2.75) is 36.9 Å². The lowest BCUT2D eigenvalue weighted by molar-refractivity contribution is 0.225. The van der Waals surface area contributed by atoms with Gasteiger partial charge in [0.2, 0.25) is 0 Å². The predicted molar refractivity (Wildman–Crippen MR) is 86.6 cm³/mol. The van der Waals surface area contributed by atoms with E-state index in [2.05, 4.69) is 35.1 Å². The van der Waals surface area contributed by atoms with Gasteiger partial charge >= 0.3 is 0 Å². The predicted octanol–water partition coefficient (Wildman–Crippen LogP) is 2.91. The molecule has 0 saturated carbocycles. The first kappa shape index (κ1) is 16.4. The minimum absolute atomic E-state index is 0.355. The van der Waals surface area contributed by atoms with E-state index in [-0.39, 0.29) is 0 Å². The Hall–Kier alpha value is 0.0500. The van der Waals surface area contributed by atoms with E-state index in [1.54, 1.807) is 16.4 Å². The lowest BCUT2D eigenvalue weighted by Crippen LogP contribution is -2.46. The molecule has 1 aliphatic rings. The first-order valence-corrected chi connectivity index (χ1v) is 9.99. The highest BCUT2D eigenvalue weighted by Crippen LogP contribution is 2.31. The summed E-state index contributed by atoms with van der Waals surface area (Å²) in [5, 5.41) is 3.40. The van der Waals surface area contributed by atoms with Gasteiger partial charge in [-0.15, -0.1) is 11.3 Å². The van der Waals surface area contributed by atoms with Crippen LogP contribution in [0.15, 0.2) is 20.1 Å². The van der Waals surface area contributed by atoms with E-state index in [9.17, 15) is 8.42 Å². The minimum Gasteiger partial charge on any atom is -0.314 e. The highest BCUT2D eigenvalue weighted by molar-refractivity contribution is 9.11. The number of rotatable bonds is 5. The summed E-state index contributed by atoms with van der Waals surface area (Å²) < 4.78 is 28.2. The molecule has 114 valence electrons. The van der Waals surface area contributed by atoms with E-state index in [0.29, 0.717) is 29.3 Å². The zero-order chi connectivity index (χ0) is 14.8. The summed E-state index contributed by atoms with van der Waals surface area (Å²) >= 11 is 4.61. The maximum atomic E-state index is 12.6. The van der Waals surface area contributed by atoms with Gasteiger partial charge in [0.05, 0.1) is 3.79 Å². The highest BCUT2D eigenvalue weighted by atomic mass is 79.9. The molecule has 2 heterocycles. The lowest BCUT2D eigenvalue weighted by Gasteiger charge is -2.35. The molecule has 0 spiro atoms. The first-order valence-electron chi connectivity index (χ1n) is 6.94. The maximum Gasteiger partial charge on any atom is 0.252 e. The fraction of sp³-hybridized carbons (Fsp3) is 0.692. The molecule has 1 N–H and O–H groups in total. The molecule has 7 heteroatoms. The zero-order valence-electron chi connectivity index (χ0n) is 11.8. The molecule has 0 radical (unpaired) electrons. The molecule has 2 atom stereocenters. The Labute approximate surface area is 133 Å². The van der Waals surface area contributed by atoms with Crippen LogP contribution in [0.25, 0.3) is 0 Å². The third-order valence-electron chi connectivity index (χ3n) is 3.80. The second-order valence-corrected chi connectivity index (χ2v) is 9.80. The number of thiophene rings is 1. The number of nitrogens with zero attached hydrogens (tertiary/aromatic N) is 1. The van der Waals surface area contributed by atoms with Gasteiger partial charge in [-0.3, -0.25) is 0 Å². The molecule has 20 heavy (non-hydrogen) atoms. The molecule has 0 bridgehead atoms. The smallest absolute Gasteiger partial charge is 0.252 e. The molecule has 0 aliphatic carbocycles. The molecule has 0 aromatic carbocycles. The number of hydrogen-bond acceptors (Lipinski definition) is 4. The SMILES string of the molecule is CCNC(C)C1CCCN(S(=O)(=O)c2ccc(Br)s2)C1. The average Bonchev–Trinajstić information content (AvgIpc) is 2.86. The van der Waals surface area contributed by atoms with Crippen molar-refractivity contribution in [1.82, 2.24) is 9.62 Å². The second kappa shape index (κ2) is 6.87. The molecule has 4 nitrogen and oxygen atoms in total. The Morgan fingerprint density at radius 3 is 2.90 bits per heavy atom. The van der Waals surface area contributed by atoms with E-state index in [1.165, 1.54) is 11.3 Å². The van der Waals surface area contributed by atoms with Crippen molar-refractivity contribution in [2.75, 3.05) is 19.6 Å². The molecule has 1 aliphatic heterocycles. The highest BCUT2D eigenvalue weighted by Gasteiger charge is 2.32. The van der Waals surface area contributed by atoms with Crippen molar-refractivity contribution in [3.05, 3.63) is 15.9 Å². The molecule has 1 fully saturated rings. The fourth-order valence-corrected chi connectivity index (χ4v) is 6.35. The summed E-state index contributed by atoms with van der Waals surface area (Å²) in [7, 11) is -3.33. The van der Waals surface area contributed by atoms with Crippen LogP contribution >= 0.6 is 27.3 Å². The zero-order valence-corrected chi connectivity index (χ0v) is 15.0. The minimum atomic E-state index is -3.33. The van der Waals surface area contributed by atoms with Gasteiger partial charge in [-0.1, -0.05) is 6.92 Å². The molecule has 2 unspecified atom stereocenters.